The van der Waals surface area contributed by atoms with Crippen molar-refractivity contribution in [1.82, 2.24) is 0 Å². The van der Waals surface area contributed by atoms with Crippen LogP contribution in [-0.2, 0) is 11.2 Å². The molecular formula is C14H15NO2. The summed E-state index contributed by atoms with van der Waals surface area (Å²) in [6.45, 7) is 2.05. The number of benzene rings is 2. The normalized spacial score (nSPS) is 10.5. The van der Waals surface area contributed by atoms with Gasteiger partial charge in [0.2, 0.25) is 0 Å². The average Bonchev–Trinajstić information content (AvgIpc) is 2.29. The van der Waals surface area contributed by atoms with Gasteiger partial charge in [0.25, 0.3) is 0 Å². The van der Waals surface area contributed by atoms with E-state index in [9.17, 15) is 4.79 Å². The van der Waals surface area contributed by atoms with Gasteiger partial charge in [0.15, 0.2) is 0 Å². The molecular weight excluding hydrogens is 214 g/mol. The Hall–Kier alpha value is -1.87. The van der Waals surface area contributed by atoms with E-state index < -0.39 is 0 Å². The molecule has 0 fully saturated rings. The average molecular weight is 229 g/mol. The van der Waals surface area contributed by atoms with Crippen molar-refractivity contribution in [2.75, 3.05) is 6.54 Å². The Balaban J connectivity index is 2.36. The lowest BCUT2D eigenvalue weighted by Gasteiger charge is -2.05. The van der Waals surface area contributed by atoms with Crippen molar-refractivity contribution < 1.29 is 9.53 Å². The summed E-state index contributed by atoms with van der Waals surface area (Å²) in [5.41, 5.74) is 6.75. The molecule has 17 heavy (non-hydrogen) atoms. The van der Waals surface area contributed by atoms with E-state index in [1.54, 1.807) is 6.07 Å². The first-order valence-corrected chi connectivity index (χ1v) is 5.60. The van der Waals surface area contributed by atoms with Gasteiger partial charge in [-0.2, -0.15) is 0 Å². The molecule has 88 valence electrons. The molecule has 0 aliphatic rings. The van der Waals surface area contributed by atoms with Gasteiger partial charge >= 0.3 is 5.97 Å². The van der Waals surface area contributed by atoms with E-state index in [1.165, 1.54) is 12.5 Å². The molecule has 2 aromatic rings. The van der Waals surface area contributed by atoms with Gasteiger partial charge < -0.3 is 10.5 Å². The van der Waals surface area contributed by atoms with Gasteiger partial charge in [0, 0.05) is 6.92 Å². The summed E-state index contributed by atoms with van der Waals surface area (Å²) >= 11 is 0. The fourth-order valence-electron chi connectivity index (χ4n) is 1.82. The molecule has 0 amide bonds. The smallest absolute Gasteiger partial charge is 0.308 e. The fraction of sp³-hybridized carbons (Fsp3) is 0.214. The van der Waals surface area contributed by atoms with E-state index in [1.807, 2.05) is 24.3 Å². The lowest BCUT2D eigenvalue weighted by atomic mass is 10.0. The number of hydrogen-bond acceptors (Lipinski definition) is 3. The van der Waals surface area contributed by atoms with Crippen molar-refractivity contribution in [2.45, 2.75) is 13.3 Å². The minimum atomic E-state index is -0.302. The molecule has 0 saturated heterocycles. The molecule has 3 nitrogen and oxygen atoms in total. The minimum Gasteiger partial charge on any atom is -0.427 e. The van der Waals surface area contributed by atoms with Crippen LogP contribution in [0.5, 0.6) is 5.75 Å². The summed E-state index contributed by atoms with van der Waals surface area (Å²) in [5, 5.41) is 2.19. The second kappa shape index (κ2) is 4.97. The van der Waals surface area contributed by atoms with E-state index in [2.05, 4.69) is 6.07 Å². The van der Waals surface area contributed by atoms with E-state index in [-0.39, 0.29) is 5.97 Å². The summed E-state index contributed by atoms with van der Waals surface area (Å²) in [6.07, 6.45) is 0.877. The van der Waals surface area contributed by atoms with Gasteiger partial charge in [-0.3, -0.25) is 4.79 Å². The van der Waals surface area contributed by atoms with Crippen LogP contribution >= 0.6 is 0 Å². The Morgan fingerprint density at radius 1 is 1.18 bits per heavy atom. The highest BCUT2D eigenvalue weighted by molar-refractivity contribution is 5.85. The van der Waals surface area contributed by atoms with Gasteiger partial charge in [0.1, 0.15) is 5.75 Å². The molecule has 0 aliphatic carbocycles. The van der Waals surface area contributed by atoms with E-state index in [4.69, 9.17) is 10.5 Å². The number of fused-ring (bicyclic) bond motifs is 1. The van der Waals surface area contributed by atoms with Crippen molar-refractivity contribution in [3.63, 3.8) is 0 Å². The van der Waals surface area contributed by atoms with Gasteiger partial charge in [-0.25, -0.2) is 0 Å². The molecule has 0 aliphatic heterocycles. The Labute approximate surface area is 100 Å². The van der Waals surface area contributed by atoms with Crippen molar-refractivity contribution in [2.24, 2.45) is 5.73 Å². The number of ether oxygens (including phenoxy) is 1. The predicted octanol–water partition coefficient (Wildman–Crippen LogP) is 2.27. The summed E-state index contributed by atoms with van der Waals surface area (Å²) < 4.78 is 5.04. The third-order valence-corrected chi connectivity index (χ3v) is 2.57. The maximum atomic E-state index is 10.9. The van der Waals surface area contributed by atoms with Crippen LogP contribution in [0.25, 0.3) is 10.8 Å². The molecule has 0 atom stereocenters. The molecule has 0 heterocycles. The topological polar surface area (TPSA) is 52.3 Å². The number of carbonyl (C=O) groups excluding carboxylic acids is 1. The molecule has 0 saturated carbocycles. The highest BCUT2D eigenvalue weighted by Gasteiger charge is 2.01. The van der Waals surface area contributed by atoms with Crippen LogP contribution in [0.1, 0.15) is 12.5 Å². The molecule has 0 bridgehead atoms. The molecule has 3 heteroatoms. The van der Waals surface area contributed by atoms with E-state index in [0.717, 1.165) is 17.2 Å². The molecule has 0 unspecified atom stereocenters. The zero-order chi connectivity index (χ0) is 12.3. The molecule has 2 rings (SSSR count). The van der Waals surface area contributed by atoms with Crippen LogP contribution in [0, 0.1) is 0 Å². The number of esters is 1. The second-order valence-electron chi connectivity index (χ2n) is 3.98. The monoisotopic (exact) mass is 229 g/mol. The Bertz CT molecular complexity index is 549. The number of nitrogens with two attached hydrogens (primary N) is 1. The van der Waals surface area contributed by atoms with Crippen molar-refractivity contribution in [1.29, 1.82) is 0 Å². The number of rotatable bonds is 3. The summed E-state index contributed by atoms with van der Waals surface area (Å²) in [5.74, 6) is 0.278. The molecule has 2 aromatic carbocycles. The zero-order valence-electron chi connectivity index (χ0n) is 9.77. The zero-order valence-corrected chi connectivity index (χ0v) is 9.77. The summed E-state index contributed by atoms with van der Waals surface area (Å²) in [6, 6.07) is 11.8. The van der Waals surface area contributed by atoms with Crippen LogP contribution in [0.2, 0.25) is 0 Å². The molecule has 0 radical (unpaired) electrons. The largest absolute Gasteiger partial charge is 0.427 e. The van der Waals surface area contributed by atoms with Crippen molar-refractivity contribution in [3.8, 4) is 5.75 Å². The first-order chi connectivity index (χ1) is 8.19. The summed E-state index contributed by atoms with van der Waals surface area (Å²) in [4.78, 5) is 10.9. The molecule has 0 aromatic heterocycles. The lowest BCUT2D eigenvalue weighted by Crippen LogP contribution is -2.02. The van der Waals surface area contributed by atoms with Gasteiger partial charge in [0.05, 0.1) is 0 Å². The third-order valence-electron chi connectivity index (χ3n) is 2.57. The molecule has 0 spiro atoms. The highest BCUT2D eigenvalue weighted by Crippen LogP contribution is 2.22. The summed E-state index contributed by atoms with van der Waals surface area (Å²) in [7, 11) is 0. The fourth-order valence-corrected chi connectivity index (χ4v) is 1.82. The SMILES string of the molecule is CC(=O)Oc1ccc2cc(CCN)ccc2c1. The van der Waals surface area contributed by atoms with Crippen LogP contribution < -0.4 is 10.5 Å². The standard InChI is InChI=1S/C14H15NO2/c1-10(16)17-14-5-4-12-8-11(6-7-15)2-3-13(12)9-14/h2-5,8-9H,6-7,15H2,1H3. The van der Waals surface area contributed by atoms with E-state index in [0.29, 0.717) is 12.3 Å². The maximum Gasteiger partial charge on any atom is 0.308 e. The van der Waals surface area contributed by atoms with Gasteiger partial charge in [-0.1, -0.05) is 24.3 Å². The van der Waals surface area contributed by atoms with Crippen LogP contribution in [0.4, 0.5) is 0 Å². The predicted molar refractivity (Wildman–Crippen MR) is 68.0 cm³/mol. The first kappa shape index (κ1) is 11.6. The van der Waals surface area contributed by atoms with Crippen LogP contribution in [0.15, 0.2) is 36.4 Å². The second-order valence-corrected chi connectivity index (χ2v) is 3.98. The minimum absolute atomic E-state index is 0.302. The van der Waals surface area contributed by atoms with Crippen LogP contribution in [-0.4, -0.2) is 12.5 Å². The third kappa shape index (κ3) is 2.82. The Morgan fingerprint density at radius 2 is 1.88 bits per heavy atom. The number of carbonyl (C=O) groups is 1. The van der Waals surface area contributed by atoms with Crippen molar-refractivity contribution in [3.05, 3.63) is 42.0 Å². The number of hydrogen-bond donors (Lipinski definition) is 1. The Morgan fingerprint density at radius 3 is 2.59 bits per heavy atom. The Kier molecular flexibility index (Phi) is 3.40. The van der Waals surface area contributed by atoms with Gasteiger partial charge in [-0.15, -0.1) is 0 Å². The van der Waals surface area contributed by atoms with Crippen LogP contribution in [0.3, 0.4) is 0 Å². The first-order valence-electron chi connectivity index (χ1n) is 5.60. The maximum absolute atomic E-state index is 10.9. The highest BCUT2D eigenvalue weighted by atomic mass is 16.5. The molecule has 2 N–H and O–H groups in total. The lowest BCUT2D eigenvalue weighted by molar-refractivity contribution is -0.131. The quantitative estimate of drug-likeness (QED) is 0.648. The van der Waals surface area contributed by atoms with Crippen molar-refractivity contribution >= 4 is 16.7 Å². The van der Waals surface area contributed by atoms with Gasteiger partial charge in [-0.05, 0) is 41.4 Å². The van der Waals surface area contributed by atoms with E-state index >= 15 is 0 Å².